The fourth-order valence-electron chi connectivity index (χ4n) is 2.95. The number of anilines is 1. The van der Waals surface area contributed by atoms with E-state index >= 15 is 0 Å². The molecule has 1 aliphatic rings. The van der Waals surface area contributed by atoms with Crippen LogP contribution in [-0.4, -0.2) is 11.2 Å². The summed E-state index contributed by atoms with van der Waals surface area (Å²) in [6.45, 7) is 6.85. The van der Waals surface area contributed by atoms with E-state index in [1.807, 2.05) is 0 Å². The molecule has 0 aliphatic heterocycles. The fourth-order valence-corrected chi connectivity index (χ4v) is 3.21. The number of aryl methyl sites for hydroxylation is 1. The highest BCUT2D eigenvalue weighted by molar-refractivity contribution is 7.80. The minimum Gasteiger partial charge on any atom is -0.359 e. The summed E-state index contributed by atoms with van der Waals surface area (Å²) in [5.74, 6) is 1.47. The Morgan fingerprint density at radius 1 is 1.20 bits per heavy atom. The van der Waals surface area contributed by atoms with Gasteiger partial charge in [-0.3, -0.25) is 0 Å². The van der Waals surface area contributed by atoms with E-state index < -0.39 is 0 Å². The molecule has 2 nitrogen and oxygen atoms in total. The molecule has 0 spiro atoms. The van der Waals surface area contributed by atoms with Crippen molar-refractivity contribution in [3.63, 3.8) is 0 Å². The van der Waals surface area contributed by atoms with Crippen LogP contribution in [0.4, 0.5) is 5.69 Å². The van der Waals surface area contributed by atoms with Gasteiger partial charge in [0.1, 0.15) is 0 Å². The second kappa shape index (κ2) is 7.07. The van der Waals surface area contributed by atoms with E-state index in [9.17, 15) is 0 Å². The lowest BCUT2D eigenvalue weighted by Crippen LogP contribution is -2.45. The number of hydrogen-bond acceptors (Lipinski definition) is 1. The van der Waals surface area contributed by atoms with Gasteiger partial charge in [0, 0.05) is 11.7 Å². The Balaban J connectivity index is 1.88. The molecule has 20 heavy (non-hydrogen) atoms. The molecule has 1 aromatic rings. The van der Waals surface area contributed by atoms with E-state index in [0.717, 1.165) is 23.1 Å². The minimum atomic E-state index is 0.508. The molecule has 0 saturated heterocycles. The Morgan fingerprint density at radius 2 is 1.90 bits per heavy atom. The third-order valence-electron chi connectivity index (χ3n) is 4.64. The Kier molecular flexibility index (Phi) is 5.41. The first-order valence-electron chi connectivity index (χ1n) is 7.76. The molecule has 0 bridgehead atoms. The highest BCUT2D eigenvalue weighted by Crippen LogP contribution is 2.29. The van der Waals surface area contributed by atoms with Gasteiger partial charge in [0.25, 0.3) is 0 Å². The Bertz CT molecular complexity index is 441. The smallest absolute Gasteiger partial charge is 0.171 e. The van der Waals surface area contributed by atoms with Crippen molar-refractivity contribution in [1.82, 2.24) is 5.32 Å². The average molecular weight is 290 g/mol. The molecular weight excluding hydrogens is 264 g/mol. The van der Waals surface area contributed by atoms with Crippen LogP contribution in [0.25, 0.3) is 0 Å². The SMILES string of the molecule is CCc1ccc(NC(=S)N[C@@H]2CCC[C@H](C)[C@@H]2C)cc1. The van der Waals surface area contributed by atoms with Crippen LogP contribution in [0.2, 0.25) is 0 Å². The van der Waals surface area contributed by atoms with E-state index in [1.54, 1.807) is 0 Å². The van der Waals surface area contributed by atoms with Crippen LogP contribution in [0.3, 0.4) is 0 Å². The van der Waals surface area contributed by atoms with Crippen molar-refractivity contribution in [1.29, 1.82) is 0 Å². The molecule has 1 saturated carbocycles. The lowest BCUT2D eigenvalue weighted by molar-refractivity contribution is 0.225. The molecule has 2 N–H and O–H groups in total. The lowest BCUT2D eigenvalue weighted by atomic mass is 9.78. The summed E-state index contributed by atoms with van der Waals surface area (Å²) in [5.41, 5.74) is 2.42. The average Bonchev–Trinajstić information content (AvgIpc) is 2.45. The second-order valence-corrected chi connectivity index (χ2v) is 6.43. The van der Waals surface area contributed by atoms with Gasteiger partial charge < -0.3 is 10.6 Å². The molecule has 1 aliphatic carbocycles. The molecule has 110 valence electrons. The van der Waals surface area contributed by atoms with Crippen molar-refractivity contribution in [3.8, 4) is 0 Å². The Morgan fingerprint density at radius 3 is 2.55 bits per heavy atom. The van der Waals surface area contributed by atoms with Crippen LogP contribution < -0.4 is 10.6 Å². The normalized spacial score (nSPS) is 26.1. The van der Waals surface area contributed by atoms with Crippen LogP contribution in [0.5, 0.6) is 0 Å². The highest BCUT2D eigenvalue weighted by atomic mass is 32.1. The van der Waals surface area contributed by atoms with Gasteiger partial charge in [-0.05, 0) is 54.6 Å². The maximum absolute atomic E-state index is 5.45. The van der Waals surface area contributed by atoms with E-state index in [0.29, 0.717) is 12.0 Å². The maximum Gasteiger partial charge on any atom is 0.171 e. The van der Waals surface area contributed by atoms with E-state index in [2.05, 4.69) is 55.7 Å². The van der Waals surface area contributed by atoms with Gasteiger partial charge in [-0.25, -0.2) is 0 Å². The van der Waals surface area contributed by atoms with Crippen LogP contribution in [-0.2, 0) is 6.42 Å². The molecule has 2 rings (SSSR count). The van der Waals surface area contributed by atoms with Crippen LogP contribution in [0, 0.1) is 11.8 Å². The molecule has 0 unspecified atom stereocenters. The van der Waals surface area contributed by atoms with Gasteiger partial charge in [0.05, 0.1) is 0 Å². The summed E-state index contributed by atoms with van der Waals surface area (Å²) in [6, 6.07) is 9.00. The molecular formula is C17H26N2S. The summed E-state index contributed by atoms with van der Waals surface area (Å²) in [6.07, 6.45) is 4.94. The largest absolute Gasteiger partial charge is 0.359 e. The molecule has 3 heteroatoms. The number of rotatable bonds is 3. The van der Waals surface area contributed by atoms with Gasteiger partial charge in [-0.15, -0.1) is 0 Å². The number of benzene rings is 1. The standard InChI is InChI=1S/C17H26N2S/c1-4-14-8-10-15(11-9-14)18-17(20)19-16-7-5-6-12(2)13(16)3/h8-13,16H,4-7H2,1-3H3,(H2,18,19,20)/t12-,13-,16+/m0/s1. The van der Waals surface area contributed by atoms with Gasteiger partial charge >= 0.3 is 0 Å². The van der Waals surface area contributed by atoms with Crippen LogP contribution in [0.1, 0.15) is 45.6 Å². The molecule has 3 atom stereocenters. The highest BCUT2D eigenvalue weighted by Gasteiger charge is 2.27. The Labute approximate surface area is 128 Å². The first-order valence-corrected chi connectivity index (χ1v) is 8.17. The van der Waals surface area contributed by atoms with Crippen LogP contribution in [0.15, 0.2) is 24.3 Å². The van der Waals surface area contributed by atoms with Crippen molar-refractivity contribution >= 4 is 23.0 Å². The predicted molar refractivity (Wildman–Crippen MR) is 91.1 cm³/mol. The van der Waals surface area contributed by atoms with Gasteiger partial charge in [0.2, 0.25) is 0 Å². The van der Waals surface area contributed by atoms with Gasteiger partial charge in [-0.1, -0.05) is 45.7 Å². The first-order chi connectivity index (χ1) is 9.60. The van der Waals surface area contributed by atoms with Gasteiger partial charge in [-0.2, -0.15) is 0 Å². The van der Waals surface area contributed by atoms with Gasteiger partial charge in [0.15, 0.2) is 5.11 Å². The Hall–Kier alpha value is -1.09. The van der Waals surface area contributed by atoms with Crippen molar-refractivity contribution in [2.75, 3.05) is 5.32 Å². The summed E-state index contributed by atoms with van der Waals surface area (Å²) in [5, 5.41) is 7.54. The first kappa shape index (κ1) is 15.3. The summed E-state index contributed by atoms with van der Waals surface area (Å²) >= 11 is 5.45. The zero-order valence-corrected chi connectivity index (χ0v) is 13.6. The minimum absolute atomic E-state index is 0.508. The number of thiocarbonyl (C=S) groups is 1. The monoisotopic (exact) mass is 290 g/mol. The molecule has 1 aromatic carbocycles. The second-order valence-electron chi connectivity index (χ2n) is 6.02. The zero-order chi connectivity index (χ0) is 14.5. The lowest BCUT2D eigenvalue weighted by Gasteiger charge is -2.35. The quantitative estimate of drug-likeness (QED) is 0.809. The van der Waals surface area contributed by atoms with Crippen LogP contribution >= 0.6 is 12.2 Å². The summed E-state index contributed by atoms with van der Waals surface area (Å²) < 4.78 is 0. The van der Waals surface area contributed by atoms with E-state index in [-0.39, 0.29) is 0 Å². The summed E-state index contributed by atoms with van der Waals surface area (Å²) in [4.78, 5) is 0. The zero-order valence-electron chi connectivity index (χ0n) is 12.8. The summed E-state index contributed by atoms with van der Waals surface area (Å²) in [7, 11) is 0. The third-order valence-corrected chi connectivity index (χ3v) is 4.86. The van der Waals surface area contributed by atoms with Crippen molar-refractivity contribution in [2.45, 2.75) is 52.5 Å². The topological polar surface area (TPSA) is 24.1 Å². The maximum atomic E-state index is 5.45. The third kappa shape index (κ3) is 3.95. The number of hydrogen-bond donors (Lipinski definition) is 2. The molecule has 0 amide bonds. The molecule has 1 fully saturated rings. The van der Waals surface area contributed by atoms with E-state index in [4.69, 9.17) is 12.2 Å². The van der Waals surface area contributed by atoms with Crippen molar-refractivity contribution < 1.29 is 0 Å². The van der Waals surface area contributed by atoms with E-state index in [1.165, 1.54) is 24.8 Å². The molecule has 0 radical (unpaired) electrons. The van der Waals surface area contributed by atoms with Crippen molar-refractivity contribution in [3.05, 3.63) is 29.8 Å². The fraction of sp³-hybridized carbons (Fsp3) is 0.588. The molecule has 0 heterocycles. The molecule has 0 aromatic heterocycles. The number of nitrogens with one attached hydrogen (secondary N) is 2. The predicted octanol–water partition coefficient (Wildman–Crippen LogP) is 4.36. The van der Waals surface area contributed by atoms with Crippen molar-refractivity contribution in [2.24, 2.45) is 11.8 Å².